The number of benzene rings is 3. The van der Waals surface area contributed by atoms with Crippen molar-refractivity contribution >= 4 is 28.6 Å². The van der Waals surface area contributed by atoms with E-state index < -0.39 is 5.25 Å². The number of carbonyl (C=O) groups is 1. The predicted molar refractivity (Wildman–Crippen MR) is 137 cm³/mol. The third-order valence-corrected chi connectivity index (χ3v) is 7.06. The van der Waals surface area contributed by atoms with Crippen molar-refractivity contribution in [3.63, 3.8) is 0 Å². The third kappa shape index (κ3) is 4.74. The maximum atomic E-state index is 13.7. The number of hydrogen-bond acceptors (Lipinski definition) is 6. The molecule has 1 atom stereocenters. The summed E-state index contributed by atoms with van der Waals surface area (Å²) in [5, 5.41) is 3.44. The molecule has 0 spiro atoms. The van der Waals surface area contributed by atoms with E-state index in [4.69, 9.17) is 14.5 Å². The van der Waals surface area contributed by atoms with Crippen molar-refractivity contribution in [1.29, 1.82) is 0 Å². The molecule has 0 bridgehead atoms. The maximum absolute atomic E-state index is 13.7. The summed E-state index contributed by atoms with van der Waals surface area (Å²) in [7, 11) is 3.11. The van der Waals surface area contributed by atoms with Crippen LogP contribution >= 0.6 is 11.8 Å². The lowest BCUT2D eigenvalue weighted by atomic mass is 10.1. The van der Waals surface area contributed by atoms with Crippen LogP contribution in [-0.4, -0.2) is 35.7 Å². The van der Waals surface area contributed by atoms with Crippen LogP contribution in [0.2, 0.25) is 0 Å². The second-order valence-electron chi connectivity index (χ2n) is 8.28. The topological polar surface area (TPSA) is 82.5 Å². The molecule has 5 rings (SSSR count). The van der Waals surface area contributed by atoms with E-state index in [0.717, 1.165) is 18.4 Å². The molecule has 1 unspecified atom stereocenters. The second-order valence-corrected chi connectivity index (χ2v) is 9.36. The summed E-state index contributed by atoms with van der Waals surface area (Å²) >= 11 is 1.26. The molecule has 1 fully saturated rings. The molecule has 1 amide bonds. The van der Waals surface area contributed by atoms with Gasteiger partial charge in [0.2, 0.25) is 5.91 Å². The van der Waals surface area contributed by atoms with Gasteiger partial charge in [-0.05, 0) is 42.7 Å². The predicted octanol–water partition coefficient (Wildman–Crippen LogP) is 4.51. The number of para-hydroxylation sites is 1. The number of amides is 1. The fraction of sp³-hybridized carbons (Fsp3) is 0.222. The first-order chi connectivity index (χ1) is 17.1. The Kier molecular flexibility index (Phi) is 6.46. The Morgan fingerprint density at radius 3 is 2.43 bits per heavy atom. The van der Waals surface area contributed by atoms with Crippen LogP contribution in [0.25, 0.3) is 16.6 Å². The van der Waals surface area contributed by atoms with Gasteiger partial charge in [0.1, 0.15) is 5.25 Å². The molecule has 1 aliphatic rings. The molecule has 0 aliphatic heterocycles. The number of thioether (sulfide) groups is 1. The Morgan fingerprint density at radius 2 is 1.71 bits per heavy atom. The second kappa shape index (κ2) is 9.84. The van der Waals surface area contributed by atoms with Gasteiger partial charge >= 0.3 is 0 Å². The molecule has 1 saturated carbocycles. The van der Waals surface area contributed by atoms with Crippen molar-refractivity contribution < 1.29 is 14.3 Å². The van der Waals surface area contributed by atoms with E-state index in [-0.39, 0.29) is 17.5 Å². The van der Waals surface area contributed by atoms with Gasteiger partial charge in [0.25, 0.3) is 5.56 Å². The number of methoxy groups -OCH3 is 2. The lowest BCUT2D eigenvalue weighted by molar-refractivity contribution is -0.120. The SMILES string of the molecule is COc1ccc(-n2c(SC(C(=O)NC3CC3)c3ccccc3)nc3ccccc3c2=O)cc1OC. The van der Waals surface area contributed by atoms with E-state index in [1.165, 1.54) is 16.3 Å². The Balaban J connectivity index is 1.67. The van der Waals surface area contributed by atoms with E-state index in [2.05, 4.69) is 5.32 Å². The van der Waals surface area contributed by atoms with Gasteiger partial charge in [-0.3, -0.25) is 14.2 Å². The fourth-order valence-corrected chi connectivity index (χ4v) is 5.02. The number of nitrogens with one attached hydrogen (secondary N) is 1. The van der Waals surface area contributed by atoms with Crippen LogP contribution in [0.15, 0.2) is 82.7 Å². The Morgan fingerprint density at radius 1 is 1.00 bits per heavy atom. The molecule has 178 valence electrons. The van der Waals surface area contributed by atoms with Gasteiger partial charge in [-0.25, -0.2) is 4.98 Å². The van der Waals surface area contributed by atoms with E-state index in [1.807, 2.05) is 48.5 Å². The molecule has 35 heavy (non-hydrogen) atoms. The highest BCUT2D eigenvalue weighted by atomic mass is 32.2. The quantitative estimate of drug-likeness (QED) is 0.291. The number of fused-ring (bicyclic) bond motifs is 1. The lowest BCUT2D eigenvalue weighted by Crippen LogP contribution is -2.30. The minimum absolute atomic E-state index is 0.0926. The van der Waals surface area contributed by atoms with Gasteiger partial charge in [-0.15, -0.1) is 0 Å². The summed E-state index contributed by atoms with van der Waals surface area (Å²) in [6.07, 6.45) is 1.98. The Hall–Kier alpha value is -3.78. The van der Waals surface area contributed by atoms with Crippen LogP contribution in [0.5, 0.6) is 11.5 Å². The minimum atomic E-state index is -0.573. The molecule has 8 heteroatoms. The van der Waals surface area contributed by atoms with Crippen LogP contribution < -0.4 is 20.3 Å². The Bertz CT molecular complexity index is 1430. The largest absolute Gasteiger partial charge is 0.493 e. The monoisotopic (exact) mass is 487 g/mol. The van der Waals surface area contributed by atoms with Crippen molar-refractivity contribution in [3.05, 3.63) is 88.7 Å². The van der Waals surface area contributed by atoms with E-state index in [9.17, 15) is 9.59 Å². The van der Waals surface area contributed by atoms with Gasteiger partial charge in [0.15, 0.2) is 16.7 Å². The molecule has 4 aromatic rings. The fourth-order valence-electron chi connectivity index (χ4n) is 3.89. The molecule has 1 aromatic heterocycles. The van der Waals surface area contributed by atoms with Gasteiger partial charge in [0, 0.05) is 12.1 Å². The number of carbonyl (C=O) groups excluding carboxylic acids is 1. The summed E-state index contributed by atoms with van der Waals surface area (Å²) in [6, 6.07) is 22.3. The summed E-state index contributed by atoms with van der Waals surface area (Å²) in [5.74, 6) is 0.954. The number of nitrogens with zero attached hydrogens (tertiary/aromatic N) is 2. The first-order valence-corrected chi connectivity index (χ1v) is 12.2. The van der Waals surface area contributed by atoms with Crippen molar-refractivity contribution in [3.8, 4) is 17.2 Å². The van der Waals surface area contributed by atoms with Crippen LogP contribution in [0.1, 0.15) is 23.7 Å². The first kappa shape index (κ1) is 23.0. The van der Waals surface area contributed by atoms with E-state index in [1.54, 1.807) is 38.5 Å². The first-order valence-electron chi connectivity index (χ1n) is 11.3. The molecule has 0 saturated heterocycles. The highest BCUT2D eigenvalue weighted by Crippen LogP contribution is 2.37. The molecule has 7 nitrogen and oxygen atoms in total. The van der Waals surface area contributed by atoms with E-state index in [0.29, 0.717) is 33.2 Å². The van der Waals surface area contributed by atoms with Crippen molar-refractivity contribution in [1.82, 2.24) is 14.9 Å². The minimum Gasteiger partial charge on any atom is -0.493 e. The average Bonchev–Trinajstić information content (AvgIpc) is 3.71. The number of hydrogen-bond donors (Lipinski definition) is 1. The highest BCUT2D eigenvalue weighted by molar-refractivity contribution is 8.00. The summed E-state index contributed by atoms with van der Waals surface area (Å²) in [6.45, 7) is 0. The molecular formula is C27H25N3O4S. The summed E-state index contributed by atoms with van der Waals surface area (Å²) in [5.41, 5.74) is 1.77. The molecule has 1 heterocycles. The van der Waals surface area contributed by atoms with Gasteiger partial charge in [-0.1, -0.05) is 54.2 Å². The van der Waals surface area contributed by atoms with Crippen LogP contribution in [0.4, 0.5) is 0 Å². The molecule has 1 aliphatic carbocycles. The zero-order valence-corrected chi connectivity index (χ0v) is 20.2. The lowest BCUT2D eigenvalue weighted by Gasteiger charge is -2.20. The van der Waals surface area contributed by atoms with Crippen LogP contribution in [0, 0.1) is 0 Å². The zero-order valence-electron chi connectivity index (χ0n) is 19.4. The Labute approximate surface area is 207 Å². The standard InChI is InChI=1S/C27H25N3O4S/c1-33-22-15-14-19(16-23(22)34-2)30-26(32)20-10-6-7-11-21(20)29-27(30)35-24(17-8-4-3-5-9-17)25(31)28-18-12-13-18/h3-11,14-16,18,24H,12-13H2,1-2H3,(H,28,31). The number of ether oxygens (including phenoxy) is 2. The van der Waals surface area contributed by atoms with E-state index >= 15 is 0 Å². The highest BCUT2D eigenvalue weighted by Gasteiger charge is 2.30. The van der Waals surface area contributed by atoms with Crippen molar-refractivity contribution in [2.45, 2.75) is 29.3 Å². The summed E-state index contributed by atoms with van der Waals surface area (Å²) < 4.78 is 12.4. The molecule has 3 aromatic carbocycles. The molecule has 0 radical (unpaired) electrons. The number of rotatable bonds is 8. The van der Waals surface area contributed by atoms with Crippen LogP contribution in [0.3, 0.4) is 0 Å². The van der Waals surface area contributed by atoms with Gasteiger partial charge in [0.05, 0.1) is 30.8 Å². The van der Waals surface area contributed by atoms with Crippen molar-refractivity contribution in [2.24, 2.45) is 0 Å². The number of aromatic nitrogens is 2. The zero-order chi connectivity index (χ0) is 24.4. The van der Waals surface area contributed by atoms with Crippen molar-refractivity contribution in [2.75, 3.05) is 14.2 Å². The third-order valence-electron chi connectivity index (χ3n) is 5.86. The smallest absolute Gasteiger partial charge is 0.266 e. The normalized spacial score (nSPS) is 13.9. The molecular weight excluding hydrogens is 462 g/mol. The maximum Gasteiger partial charge on any atom is 0.266 e. The van der Waals surface area contributed by atoms with Crippen LogP contribution in [-0.2, 0) is 4.79 Å². The van der Waals surface area contributed by atoms with Gasteiger partial charge in [-0.2, -0.15) is 0 Å². The average molecular weight is 488 g/mol. The summed E-state index contributed by atoms with van der Waals surface area (Å²) in [4.78, 5) is 31.8. The van der Waals surface area contributed by atoms with Gasteiger partial charge < -0.3 is 14.8 Å². The molecule has 1 N–H and O–H groups in total.